The molecule has 0 atom stereocenters. The summed E-state index contributed by atoms with van der Waals surface area (Å²) in [5, 5.41) is 0. The van der Waals surface area contributed by atoms with Crippen molar-refractivity contribution >= 4 is 21.6 Å². The number of rotatable bonds is 7. The van der Waals surface area contributed by atoms with E-state index >= 15 is 0 Å². The number of likely N-dealkylation sites (tertiary alicyclic amines) is 1. The summed E-state index contributed by atoms with van der Waals surface area (Å²) in [5.74, 6) is 1.49. The van der Waals surface area contributed by atoms with Gasteiger partial charge in [0.2, 0.25) is 0 Å². The first-order valence-electron chi connectivity index (χ1n) is 10.0. The van der Waals surface area contributed by atoms with Crippen molar-refractivity contribution in [2.24, 2.45) is 5.92 Å². The van der Waals surface area contributed by atoms with Gasteiger partial charge in [0, 0.05) is 19.2 Å². The van der Waals surface area contributed by atoms with Crippen LogP contribution in [0.2, 0.25) is 0 Å². The van der Waals surface area contributed by atoms with E-state index in [2.05, 4.69) is 11.6 Å². The number of methoxy groups -OCH3 is 3. The Kier molecular flexibility index (Phi) is 6.94. The first-order valence-corrected chi connectivity index (χ1v) is 11.5. The number of hydrogen-bond donors (Lipinski definition) is 1. The van der Waals surface area contributed by atoms with Crippen molar-refractivity contribution in [1.29, 1.82) is 0 Å². The van der Waals surface area contributed by atoms with Gasteiger partial charge in [0.15, 0.2) is 0 Å². The highest BCUT2D eigenvalue weighted by atomic mass is 32.2. The molecule has 1 N–H and O–H groups in total. The molecule has 0 bridgehead atoms. The minimum absolute atomic E-state index is 0.0492. The normalized spacial score (nSPS) is 14.8. The Morgan fingerprint density at radius 1 is 0.968 bits per heavy atom. The number of ether oxygens (including phenoxy) is 3. The number of nitrogens with one attached hydrogen (secondary N) is 1. The van der Waals surface area contributed by atoms with Crippen molar-refractivity contribution < 1.29 is 27.4 Å². The highest BCUT2D eigenvalue weighted by Crippen LogP contribution is 2.32. The largest absolute Gasteiger partial charge is 0.497 e. The van der Waals surface area contributed by atoms with Crippen LogP contribution in [0.25, 0.3) is 0 Å². The molecule has 0 spiro atoms. The molecule has 1 fully saturated rings. The molecule has 1 amide bonds. The third kappa shape index (κ3) is 5.04. The van der Waals surface area contributed by atoms with E-state index in [1.165, 1.54) is 45.6 Å². The molecule has 0 radical (unpaired) electrons. The van der Waals surface area contributed by atoms with E-state index in [9.17, 15) is 13.2 Å². The Balaban J connectivity index is 1.94. The van der Waals surface area contributed by atoms with E-state index in [-0.39, 0.29) is 22.1 Å². The fourth-order valence-corrected chi connectivity index (χ4v) is 4.59. The lowest BCUT2D eigenvalue weighted by Gasteiger charge is -2.30. The number of nitrogens with zero attached hydrogens (tertiary/aromatic N) is 1. The number of carbonyl (C=O) groups is 1. The van der Waals surface area contributed by atoms with E-state index < -0.39 is 10.0 Å². The average Bonchev–Trinajstić information content (AvgIpc) is 2.78. The second kappa shape index (κ2) is 9.47. The Morgan fingerprint density at radius 2 is 1.61 bits per heavy atom. The predicted octanol–water partition coefficient (Wildman–Crippen LogP) is 3.39. The van der Waals surface area contributed by atoms with E-state index in [4.69, 9.17) is 14.2 Å². The quantitative estimate of drug-likeness (QED) is 0.698. The maximum absolute atomic E-state index is 13.1. The van der Waals surface area contributed by atoms with Crippen molar-refractivity contribution in [3.8, 4) is 17.2 Å². The molecular formula is C22H28N2O6S. The van der Waals surface area contributed by atoms with Crippen molar-refractivity contribution in [3.05, 3.63) is 42.0 Å². The molecule has 168 valence electrons. The number of anilines is 1. The Labute approximate surface area is 183 Å². The molecule has 3 rings (SSSR count). The highest BCUT2D eigenvalue weighted by Gasteiger charge is 2.26. The fourth-order valence-electron chi connectivity index (χ4n) is 3.50. The molecule has 31 heavy (non-hydrogen) atoms. The van der Waals surface area contributed by atoms with Crippen molar-refractivity contribution in [2.75, 3.05) is 39.1 Å². The Bertz CT molecular complexity index is 1050. The van der Waals surface area contributed by atoms with E-state index in [1.54, 1.807) is 17.0 Å². The van der Waals surface area contributed by atoms with Gasteiger partial charge in [0.05, 0.1) is 37.5 Å². The summed E-state index contributed by atoms with van der Waals surface area (Å²) in [6.45, 7) is 3.44. The summed E-state index contributed by atoms with van der Waals surface area (Å²) >= 11 is 0. The molecule has 0 aliphatic carbocycles. The van der Waals surface area contributed by atoms with Gasteiger partial charge < -0.3 is 19.1 Å². The SMILES string of the molecule is COc1ccc(OC)c(NS(=O)(=O)c2ccc(OC)c(C(=O)N3CCC(C)CC3)c2)c1. The van der Waals surface area contributed by atoms with Crippen molar-refractivity contribution in [2.45, 2.75) is 24.7 Å². The second-order valence-corrected chi connectivity index (χ2v) is 9.19. The monoisotopic (exact) mass is 448 g/mol. The zero-order chi connectivity index (χ0) is 22.6. The Morgan fingerprint density at radius 3 is 2.23 bits per heavy atom. The van der Waals surface area contributed by atoms with Crippen molar-refractivity contribution in [1.82, 2.24) is 4.90 Å². The van der Waals surface area contributed by atoms with Gasteiger partial charge in [-0.25, -0.2) is 8.42 Å². The third-order valence-electron chi connectivity index (χ3n) is 5.43. The molecule has 9 heteroatoms. The average molecular weight is 449 g/mol. The number of carbonyl (C=O) groups excluding carboxylic acids is 1. The second-order valence-electron chi connectivity index (χ2n) is 7.51. The number of amides is 1. The number of benzene rings is 2. The lowest BCUT2D eigenvalue weighted by Crippen LogP contribution is -2.38. The lowest BCUT2D eigenvalue weighted by atomic mass is 9.98. The van der Waals surface area contributed by atoms with Gasteiger partial charge in [-0.15, -0.1) is 0 Å². The van der Waals surface area contributed by atoms with Crippen molar-refractivity contribution in [3.63, 3.8) is 0 Å². The lowest BCUT2D eigenvalue weighted by molar-refractivity contribution is 0.0693. The molecule has 0 aromatic heterocycles. The van der Waals surface area contributed by atoms with E-state index in [0.29, 0.717) is 36.3 Å². The predicted molar refractivity (Wildman–Crippen MR) is 118 cm³/mol. The van der Waals surface area contributed by atoms with Crippen LogP contribution in [0.1, 0.15) is 30.1 Å². The molecular weight excluding hydrogens is 420 g/mol. The topological polar surface area (TPSA) is 94.2 Å². The zero-order valence-electron chi connectivity index (χ0n) is 18.2. The van der Waals surface area contributed by atoms with Crippen LogP contribution < -0.4 is 18.9 Å². The summed E-state index contributed by atoms with van der Waals surface area (Å²) in [4.78, 5) is 14.8. The maximum atomic E-state index is 13.1. The first-order chi connectivity index (χ1) is 14.8. The highest BCUT2D eigenvalue weighted by molar-refractivity contribution is 7.92. The smallest absolute Gasteiger partial charge is 0.262 e. The van der Waals surface area contributed by atoms with Gasteiger partial charge in [0.1, 0.15) is 17.2 Å². The maximum Gasteiger partial charge on any atom is 0.262 e. The molecule has 8 nitrogen and oxygen atoms in total. The molecule has 2 aromatic carbocycles. The first kappa shape index (κ1) is 22.7. The Hall–Kier alpha value is -2.94. The standard InChI is InChI=1S/C22H28N2O6S/c1-15-9-11-24(12-10-15)22(25)18-14-17(6-8-20(18)29-3)31(26,27)23-19-13-16(28-2)5-7-21(19)30-4/h5-8,13-15,23H,9-12H2,1-4H3. The number of sulfonamides is 1. The van der Waals surface area contributed by atoms with Crippen LogP contribution in [0.4, 0.5) is 5.69 Å². The zero-order valence-corrected chi connectivity index (χ0v) is 19.0. The molecule has 1 heterocycles. The van der Waals surface area contributed by atoms with Crippen LogP contribution in [0.15, 0.2) is 41.3 Å². The van der Waals surface area contributed by atoms with E-state index in [1.807, 2.05) is 0 Å². The van der Waals surface area contributed by atoms with Crippen LogP contribution in [0.3, 0.4) is 0 Å². The number of hydrogen-bond acceptors (Lipinski definition) is 6. The van der Waals surface area contributed by atoms with Gasteiger partial charge in [-0.3, -0.25) is 9.52 Å². The fraction of sp³-hybridized carbons (Fsp3) is 0.409. The van der Waals surface area contributed by atoms with Crippen LogP contribution >= 0.6 is 0 Å². The molecule has 2 aromatic rings. The minimum Gasteiger partial charge on any atom is -0.497 e. The molecule has 1 saturated heterocycles. The molecule has 0 saturated carbocycles. The van der Waals surface area contributed by atoms with Crippen LogP contribution in [0, 0.1) is 5.92 Å². The summed E-state index contributed by atoms with van der Waals surface area (Å²) in [7, 11) is 0.390. The van der Waals surface area contributed by atoms with Gasteiger partial charge in [-0.2, -0.15) is 0 Å². The van der Waals surface area contributed by atoms with Gasteiger partial charge in [-0.05, 0) is 49.1 Å². The van der Waals surface area contributed by atoms with Gasteiger partial charge >= 0.3 is 0 Å². The molecule has 0 unspecified atom stereocenters. The summed E-state index contributed by atoms with van der Waals surface area (Å²) in [5.41, 5.74) is 0.452. The third-order valence-corrected chi connectivity index (χ3v) is 6.80. The molecule has 1 aliphatic heterocycles. The molecule has 1 aliphatic rings. The summed E-state index contributed by atoms with van der Waals surface area (Å²) in [6.07, 6.45) is 1.84. The summed E-state index contributed by atoms with van der Waals surface area (Å²) in [6, 6.07) is 9.06. The van der Waals surface area contributed by atoms with Crippen LogP contribution in [0.5, 0.6) is 17.2 Å². The van der Waals surface area contributed by atoms with Gasteiger partial charge in [-0.1, -0.05) is 6.92 Å². The van der Waals surface area contributed by atoms with E-state index in [0.717, 1.165) is 12.8 Å². The minimum atomic E-state index is -4.00. The van der Waals surface area contributed by atoms with Gasteiger partial charge in [0.25, 0.3) is 15.9 Å². The van der Waals surface area contributed by atoms with Crippen LogP contribution in [-0.4, -0.2) is 53.6 Å². The van der Waals surface area contributed by atoms with Crippen LogP contribution in [-0.2, 0) is 10.0 Å². The summed E-state index contributed by atoms with van der Waals surface area (Å²) < 4.78 is 44.5. The number of piperidine rings is 1.